The average molecular weight is 463 g/mol. The van der Waals surface area contributed by atoms with Gasteiger partial charge in [-0.2, -0.15) is 0 Å². The number of carboxylic acid groups (broad SMARTS) is 1. The van der Waals surface area contributed by atoms with Crippen molar-refractivity contribution in [3.05, 3.63) is 71.8 Å². The van der Waals surface area contributed by atoms with E-state index in [1.54, 1.807) is 13.8 Å². The molecule has 3 N–H and O–H groups in total. The zero-order chi connectivity index (χ0) is 24.2. The maximum atomic E-state index is 12.6. The summed E-state index contributed by atoms with van der Waals surface area (Å²) in [7, 11) is 0. The number of carbonyl (C=O) groups excluding carboxylic acids is 2. The van der Waals surface area contributed by atoms with Crippen molar-refractivity contribution in [2.24, 2.45) is 11.8 Å². The Hall–Kier alpha value is -3.61. The van der Waals surface area contributed by atoms with Crippen LogP contribution in [0.25, 0.3) is 11.1 Å². The van der Waals surface area contributed by atoms with Crippen molar-refractivity contribution in [2.45, 2.75) is 44.7 Å². The topological polar surface area (TPSA) is 105 Å². The van der Waals surface area contributed by atoms with Crippen molar-refractivity contribution in [3.8, 4) is 11.1 Å². The lowest BCUT2D eigenvalue weighted by Crippen LogP contribution is -2.48. The number of fused-ring (bicyclic) bond motifs is 3. The Bertz CT molecular complexity index is 1060. The molecule has 7 heteroatoms. The third-order valence-corrected chi connectivity index (χ3v) is 6.58. The first-order valence-corrected chi connectivity index (χ1v) is 11.7. The molecule has 0 spiro atoms. The fraction of sp³-hybridized carbons (Fsp3) is 0.370. The van der Waals surface area contributed by atoms with Crippen LogP contribution in [-0.4, -0.2) is 41.8 Å². The average Bonchev–Trinajstić information content (AvgIpc) is 3.14. The van der Waals surface area contributed by atoms with Gasteiger partial charge in [-0.05, 0) is 41.0 Å². The predicted octanol–water partition coefficient (Wildman–Crippen LogP) is 4.09. The van der Waals surface area contributed by atoms with E-state index < -0.39 is 24.0 Å². The highest BCUT2D eigenvalue weighted by molar-refractivity contribution is 5.85. The van der Waals surface area contributed by atoms with Gasteiger partial charge >= 0.3 is 12.1 Å². The third-order valence-electron chi connectivity index (χ3n) is 6.58. The summed E-state index contributed by atoms with van der Waals surface area (Å²) >= 11 is 0. The summed E-state index contributed by atoms with van der Waals surface area (Å²) in [4.78, 5) is 36.6. The molecule has 0 fully saturated rings. The third kappa shape index (κ3) is 4.98. The molecule has 7 nitrogen and oxygen atoms in total. The molecular weight excluding hydrogens is 432 g/mol. The van der Waals surface area contributed by atoms with Crippen LogP contribution in [0, 0.1) is 11.8 Å². The first-order valence-electron chi connectivity index (χ1n) is 11.7. The van der Waals surface area contributed by atoms with Gasteiger partial charge in [0.05, 0.1) is 6.04 Å². The van der Waals surface area contributed by atoms with Gasteiger partial charge in [-0.1, -0.05) is 74.5 Å². The van der Waals surface area contributed by atoms with Crippen molar-refractivity contribution < 1.29 is 24.2 Å². The monoisotopic (exact) mass is 462 g/mol. The Labute approximate surface area is 199 Å². The molecule has 178 valence electrons. The summed E-state index contributed by atoms with van der Waals surface area (Å²) in [6, 6.07) is 15.0. The summed E-state index contributed by atoms with van der Waals surface area (Å²) in [5.41, 5.74) is 4.61. The molecule has 0 saturated carbocycles. The fourth-order valence-corrected chi connectivity index (χ4v) is 4.79. The highest BCUT2D eigenvalue weighted by atomic mass is 16.5. The quantitative estimate of drug-likeness (QED) is 0.538. The molecule has 2 aliphatic carbocycles. The van der Waals surface area contributed by atoms with Crippen LogP contribution in [0.3, 0.4) is 0 Å². The van der Waals surface area contributed by atoms with Gasteiger partial charge in [0.25, 0.3) is 0 Å². The van der Waals surface area contributed by atoms with E-state index in [4.69, 9.17) is 4.74 Å². The largest absolute Gasteiger partial charge is 0.480 e. The van der Waals surface area contributed by atoms with E-state index in [0.717, 1.165) is 22.3 Å². The molecule has 0 aromatic heterocycles. The number of allylic oxidation sites excluding steroid dienone is 1. The Morgan fingerprint density at radius 1 is 1.03 bits per heavy atom. The molecule has 34 heavy (non-hydrogen) atoms. The minimum Gasteiger partial charge on any atom is -0.480 e. The highest BCUT2D eigenvalue weighted by Crippen LogP contribution is 2.44. The van der Waals surface area contributed by atoms with Gasteiger partial charge in [0.1, 0.15) is 12.6 Å². The van der Waals surface area contributed by atoms with Gasteiger partial charge in [0.2, 0.25) is 5.91 Å². The van der Waals surface area contributed by atoms with Gasteiger partial charge in [-0.15, -0.1) is 0 Å². The highest BCUT2D eigenvalue weighted by Gasteiger charge is 2.31. The van der Waals surface area contributed by atoms with E-state index >= 15 is 0 Å². The van der Waals surface area contributed by atoms with Crippen molar-refractivity contribution in [2.75, 3.05) is 6.61 Å². The van der Waals surface area contributed by atoms with Crippen LogP contribution in [0.4, 0.5) is 4.79 Å². The van der Waals surface area contributed by atoms with E-state index in [9.17, 15) is 19.5 Å². The number of nitrogens with one attached hydrogen (secondary N) is 2. The SMILES string of the molecule is CC(C)C(NC(=O)[C@@H]1CC=C[C@@H](NC(=O)OCC2c3ccccc3-c3ccccc32)C1)C(=O)O. The van der Waals surface area contributed by atoms with Crippen LogP contribution in [0.2, 0.25) is 0 Å². The smallest absolute Gasteiger partial charge is 0.407 e. The van der Waals surface area contributed by atoms with Crippen LogP contribution in [-0.2, 0) is 14.3 Å². The minimum absolute atomic E-state index is 0.0254. The maximum Gasteiger partial charge on any atom is 0.407 e. The second-order valence-corrected chi connectivity index (χ2v) is 9.24. The zero-order valence-corrected chi connectivity index (χ0v) is 19.4. The van der Waals surface area contributed by atoms with E-state index in [0.29, 0.717) is 12.8 Å². The fourth-order valence-electron chi connectivity index (χ4n) is 4.79. The summed E-state index contributed by atoms with van der Waals surface area (Å²) in [5, 5.41) is 14.8. The molecule has 2 aromatic rings. The van der Waals surface area contributed by atoms with Crippen molar-refractivity contribution in [1.29, 1.82) is 0 Å². The van der Waals surface area contributed by atoms with Crippen molar-refractivity contribution in [3.63, 3.8) is 0 Å². The standard InChI is InChI=1S/C27H30N2O5/c1-16(2)24(26(31)32)29-25(30)17-8-7-9-18(14-17)28-27(33)34-15-23-21-12-5-3-10-19(21)20-11-4-6-13-22(20)23/h3-7,9-13,16-18,23-24H,8,14-15H2,1-2H3,(H,28,33)(H,29,30)(H,31,32)/t17-,18-,24?/m1/s1. The van der Waals surface area contributed by atoms with Gasteiger partial charge in [-0.25, -0.2) is 9.59 Å². The molecule has 2 amide bonds. The molecule has 0 saturated heterocycles. The molecule has 2 aromatic carbocycles. The number of ether oxygens (including phenoxy) is 1. The maximum absolute atomic E-state index is 12.6. The Balaban J connectivity index is 1.33. The predicted molar refractivity (Wildman–Crippen MR) is 128 cm³/mol. The number of hydrogen-bond acceptors (Lipinski definition) is 4. The number of carbonyl (C=O) groups is 3. The molecule has 1 unspecified atom stereocenters. The van der Waals surface area contributed by atoms with Gasteiger partial charge in [0.15, 0.2) is 0 Å². The Morgan fingerprint density at radius 3 is 2.24 bits per heavy atom. The first-order chi connectivity index (χ1) is 16.3. The molecule has 0 radical (unpaired) electrons. The van der Waals surface area contributed by atoms with E-state index in [1.807, 2.05) is 36.4 Å². The molecule has 0 aliphatic heterocycles. The van der Waals surface area contributed by atoms with E-state index in [2.05, 4.69) is 34.9 Å². The van der Waals surface area contributed by atoms with Crippen LogP contribution < -0.4 is 10.6 Å². The van der Waals surface area contributed by atoms with Gasteiger partial charge in [-0.3, -0.25) is 4.79 Å². The molecule has 3 atom stereocenters. The first kappa shape index (κ1) is 23.5. The number of amides is 2. The lowest BCUT2D eigenvalue weighted by atomic mass is 9.89. The lowest BCUT2D eigenvalue weighted by Gasteiger charge is -2.27. The van der Waals surface area contributed by atoms with Crippen LogP contribution in [0.1, 0.15) is 43.7 Å². The number of aliphatic carboxylic acids is 1. The number of benzene rings is 2. The summed E-state index contributed by atoms with van der Waals surface area (Å²) in [6.07, 6.45) is 4.04. The number of alkyl carbamates (subject to hydrolysis) is 1. The Kier molecular flexibility index (Phi) is 7.01. The molecule has 2 aliphatic rings. The Morgan fingerprint density at radius 2 is 1.65 bits per heavy atom. The minimum atomic E-state index is -1.05. The summed E-state index contributed by atoms with van der Waals surface area (Å²) in [6.45, 7) is 3.72. The molecule has 0 heterocycles. The van der Waals surface area contributed by atoms with E-state index in [1.165, 1.54) is 0 Å². The van der Waals surface area contributed by atoms with Gasteiger partial charge in [0, 0.05) is 11.8 Å². The normalized spacial score (nSPS) is 19.7. The summed E-state index contributed by atoms with van der Waals surface area (Å²) in [5.74, 6) is -2.03. The van der Waals surface area contributed by atoms with Crippen molar-refractivity contribution >= 4 is 18.0 Å². The lowest BCUT2D eigenvalue weighted by molar-refractivity contribution is -0.143. The van der Waals surface area contributed by atoms with E-state index in [-0.39, 0.29) is 30.4 Å². The van der Waals surface area contributed by atoms with Gasteiger partial charge < -0.3 is 20.5 Å². The second-order valence-electron chi connectivity index (χ2n) is 9.24. The molecule has 4 rings (SSSR count). The van der Waals surface area contributed by atoms with Crippen molar-refractivity contribution in [1.82, 2.24) is 10.6 Å². The number of carboxylic acids is 1. The van der Waals surface area contributed by atoms with Crippen LogP contribution in [0.15, 0.2) is 60.7 Å². The molecular formula is C27H30N2O5. The van der Waals surface area contributed by atoms with Crippen LogP contribution >= 0.6 is 0 Å². The van der Waals surface area contributed by atoms with Crippen LogP contribution in [0.5, 0.6) is 0 Å². The number of hydrogen-bond donors (Lipinski definition) is 3. The second kappa shape index (κ2) is 10.1. The molecule has 0 bridgehead atoms. The zero-order valence-electron chi connectivity index (χ0n) is 19.4. The number of rotatable bonds is 7. The summed E-state index contributed by atoms with van der Waals surface area (Å²) < 4.78 is 5.60.